The fourth-order valence-corrected chi connectivity index (χ4v) is 3.47. The van der Waals surface area contributed by atoms with E-state index in [4.69, 9.17) is 16.0 Å². The van der Waals surface area contributed by atoms with Crippen molar-refractivity contribution in [1.82, 2.24) is 10.2 Å². The van der Waals surface area contributed by atoms with Gasteiger partial charge in [0.05, 0.1) is 13.1 Å². The van der Waals surface area contributed by atoms with Crippen molar-refractivity contribution in [2.24, 2.45) is 0 Å². The number of carbonyl (C=O) groups excluding carboxylic acids is 1. The van der Waals surface area contributed by atoms with Crippen molar-refractivity contribution in [2.75, 3.05) is 20.1 Å². The first-order valence-electron chi connectivity index (χ1n) is 8.42. The second-order valence-electron chi connectivity index (χ2n) is 6.12. The summed E-state index contributed by atoms with van der Waals surface area (Å²) in [5.41, 5.74) is 0.981. The molecule has 1 N–H and O–H groups in total. The van der Waals surface area contributed by atoms with Gasteiger partial charge in [-0.15, -0.1) is 11.3 Å². The van der Waals surface area contributed by atoms with E-state index in [0.717, 1.165) is 23.5 Å². The molecule has 1 aromatic carbocycles. The Kier molecular flexibility index (Phi) is 6.50. The Bertz CT molecular complexity index is 828. The standard InChI is InChI=1S/C20H21ClN2O2S/c1-23(14-20(24)22-11-10-18-3-2-12-26-18)13-17-8-9-19(25-17)15-4-6-16(21)7-5-15/h2-9,12H,10-11,13-14H2,1H3,(H,22,24). The van der Waals surface area contributed by atoms with Crippen LogP contribution in [-0.2, 0) is 17.8 Å². The highest BCUT2D eigenvalue weighted by Gasteiger charge is 2.10. The monoisotopic (exact) mass is 388 g/mol. The van der Waals surface area contributed by atoms with E-state index >= 15 is 0 Å². The first-order valence-corrected chi connectivity index (χ1v) is 9.68. The molecule has 0 aliphatic rings. The Morgan fingerprint density at radius 2 is 2.00 bits per heavy atom. The van der Waals surface area contributed by atoms with Crippen molar-refractivity contribution < 1.29 is 9.21 Å². The van der Waals surface area contributed by atoms with E-state index in [9.17, 15) is 4.79 Å². The van der Waals surface area contributed by atoms with Gasteiger partial charge in [-0.3, -0.25) is 9.69 Å². The lowest BCUT2D eigenvalue weighted by atomic mass is 10.2. The van der Waals surface area contributed by atoms with Crippen LogP contribution in [0.5, 0.6) is 0 Å². The average molecular weight is 389 g/mol. The molecule has 0 atom stereocenters. The minimum atomic E-state index is 0.0218. The Hall–Kier alpha value is -2.08. The zero-order valence-electron chi connectivity index (χ0n) is 14.6. The molecule has 0 aliphatic carbocycles. The van der Waals surface area contributed by atoms with Crippen LogP contribution in [0.1, 0.15) is 10.6 Å². The van der Waals surface area contributed by atoms with Gasteiger partial charge in [-0.25, -0.2) is 0 Å². The summed E-state index contributed by atoms with van der Waals surface area (Å²) in [6.45, 7) is 1.57. The number of furan rings is 1. The van der Waals surface area contributed by atoms with Crippen molar-refractivity contribution in [3.8, 4) is 11.3 Å². The molecule has 26 heavy (non-hydrogen) atoms. The first-order chi connectivity index (χ1) is 12.6. The highest BCUT2D eigenvalue weighted by Crippen LogP contribution is 2.24. The van der Waals surface area contributed by atoms with Crippen LogP contribution in [0, 0.1) is 0 Å². The summed E-state index contributed by atoms with van der Waals surface area (Å²) in [7, 11) is 1.91. The number of hydrogen-bond donors (Lipinski definition) is 1. The second kappa shape index (κ2) is 9.03. The van der Waals surface area contributed by atoms with Crippen LogP contribution in [0.15, 0.2) is 58.3 Å². The fourth-order valence-electron chi connectivity index (χ4n) is 2.64. The summed E-state index contributed by atoms with van der Waals surface area (Å²) in [6.07, 6.45) is 0.871. The van der Waals surface area contributed by atoms with Crippen LogP contribution >= 0.6 is 22.9 Å². The number of thiophene rings is 1. The normalized spacial score (nSPS) is 11.0. The predicted octanol–water partition coefficient (Wildman–Crippen LogP) is 4.45. The molecule has 0 unspecified atom stereocenters. The number of rotatable bonds is 8. The third-order valence-electron chi connectivity index (χ3n) is 3.90. The molecule has 0 bridgehead atoms. The summed E-state index contributed by atoms with van der Waals surface area (Å²) in [6, 6.07) is 15.5. The Morgan fingerprint density at radius 1 is 1.19 bits per heavy atom. The van der Waals surface area contributed by atoms with Crippen LogP contribution in [0.4, 0.5) is 0 Å². The summed E-state index contributed by atoms with van der Waals surface area (Å²) in [5.74, 6) is 1.64. The number of nitrogens with zero attached hydrogens (tertiary/aromatic N) is 1. The number of benzene rings is 1. The average Bonchev–Trinajstić information content (AvgIpc) is 3.27. The van der Waals surface area contributed by atoms with E-state index in [1.54, 1.807) is 11.3 Å². The molecule has 136 valence electrons. The van der Waals surface area contributed by atoms with Gasteiger partial charge in [0.2, 0.25) is 5.91 Å². The van der Waals surface area contributed by atoms with Crippen molar-refractivity contribution in [1.29, 1.82) is 0 Å². The van der Waals surface area contributed by atoms with E-state index in [-0.39, 0.29) is 5.91 Å². The Labute approximate surface area is 162 Å². The molecule has 0 radical (unpaired) electrons. The number of amides is 1. The lowest BCUT2D eigenvalue weighted by Gasteiger charge is -2.14. The van der Waals surface area contributed by atoms with Gasteiger partial charge in [-0.2, -0.15) is 0 Å². The number of halogens is 1. The van der Waals surface area contributed by atoms with Crippen LogP contribution in [0.25, 0.3) is 11.3 Å². The first kappa shape index (κ1) is 18.7. The van der Waals surface area contributed by atoms with Gasteiger partial charge in [0.25, 0.3) is 0 Å². The van der Waals surface area contributed by atoms with Gasteiger partial charge in [0, 0.05) is 22.0 Å². The molecule has 0 fully saturated rings. The van der Waals surface area contributed by atoms with Gasteiger partial charge >= 0.3 is 0 Å². The summed E-state index contributed by atoms with van der Waals surface area (Å²) in [5, 5.41) is 5.70. The van der Waals surface area contributed by atoms with Crippen LogP contribution < -0.4 is 5.32 Å². The Morgan fingerprint density at radius 3 is 2.73 bits per heavy atom. The molecule has 0 saturated carbocycles. The van der Waals surface area contributed by atoms with Gasteiger partial charge < -0.3 is 9.73 Å². The maximum atomic E-state index is 12.0. The predicted molar refractivity (Wildman–Crippen MR) is 107 cm³/mol. The molecular formula is C20H21ClN2O2S. The summed E-state index contributed by atoms with van der Waals surface area (Å²) >= 11 is 7.62. The van der Waals surface area contributed by atoms with Crippen LogP contribution in [0.3, 0.4) is 0 Å². The zero-order chi connectivity index (χ0) is 18.4. The number of carbonyl (C=O) groups is 1. The molecule has 3 rings (SSSR count). The molecule has 2 heterocycles. The van der Waals surface area contributed by atoms with E-state index in [1.165, 1.54) is 4.88 Å². The quantitative estimate of drug-likeness (QED) is 0.620. The third kappa shape index (κ3) is 5.46. The van der Waals surface area contributed by atoms with E-state index < -0.39 is 0 Å². The molecule has 0 spiro atoms. The maximum Gasteiger partial charge on any atom is 0.234 e. The SMILES string of the molecule is CN(CC(=O)NCCc1cccs1)Cc1ccc(-c2ccc(Cl)cc2)o1. The second-order valence-corrected chi connectivity index (χ2v) is 7.59. The highest BCUT2D eigenvalue weighted by atomic mass is 35.5. The van der Waals surface area contributed by atoms with Gasteiger partial charge in [0.1, 0.15) is 11.5 Å². The number of hydrogen-bond acceptors (Lipinski definition) is 4. The maximum absolute atomic E-state index is 12.0. The number of nitrogens with one attached hydrogen (secondary N) is 1. The third-order valence-corrected chi connectivity index (χ3v) is 5.09. The molecular weight excluding hydrogens is 368 g/mol. The lowest BCUT2D eigenvalue weighted by Crippen LogP contribution is -2.35. The topological polar surface area (TPSA) is 45.5 Å². The molecule has 0 saturated heterocycles. The van der Waals surface area contributed by atoms with Crippen molar-refractivity contribution in [3.05, 3.63) is 69.6 Å². The van der Waals surface area contributed by atoms with Crippen LogP contribution in [-0.4, -0.2) is 30.9 Å². The van der Waals surface area contributed by atoms with Crippen molar-refractivity contribution in [2.45, 2.75) is 13.0 Å². The molecule has 3 aromatic rings. The molecule has 0 aliphatic heterocycles. The minimum Gasteiger partial charge on any atom is -0.460 e. The minimum absolute atomic E-state index is 0.0218. The highest BCUT2D eigenvalue weighted by molar-refractivity contribution is 7.09. The van der Waals surface area contributed by atoms with E-state index in [1.807, 2.05) is 59.8 Å². The zero-order valence-corrected chi connectivity index (χ0v) is 16.1. The van der Waals surface area contributed by atoms with Crippen LogP contribution in [0.2, 0.25) is 5.02 Å². The van der Waals surface area contributed by atoms with Gasteiger partial charge in [-0.1, -0.05) is 17.7 Å². The molecule has 6 heteroatoms. The smallest absolute Gasteiger partial charge is 0.234 e. The fraction of sp³-hybridized carbons (Fsp3) is 0.250. The van der Waals surface area contributed by atoms with Crippen molar-refractivity contribution in [3.63, 3.8) is 0 Å². The Balaban J connectivity index is 1.45. The van der Waals surface area contributed by atoms with Gasteiger partial charge in [0.15, 0.2) is 0 Å². The summed E-state index contributed by atoms with van der Waals surface area (Å²) < 4.78 is 5.88. The van der Waals surface area contributed by atoms with E-state index in [0.29, 0.717) is 24.7 Å². The van der Waals surface area contributed by atoms with E-state index in [2.05, 4.69) is 11.4 Å². The largest absolute Gasteiger partial charge is 0.460 e. The number of likely N-dealkylation sites (N-methyl/N-ethyl adjacent to an activating group) is 1. The molecule has 2 aromatic heterocycles. The van der Waals surface area contributed by atoms with Gasteiger partial charge in [-0.05, 0) is 61.3 Å². The molecule has 4 nitrogen and oxygen atoms in total. The summed E-state index contributed by atoms with van der Waals surface area (Å²) in [4.78, 5) is 15.3. The molecule has 1 amide bonds. The van der Waals surface area contributed by atoms with Crippen molar-refractivity contribution >= 4 is 28.8 Å². The lowest BCUT2D eigenvalue weighted by molar-refractivity contribution is -0.122.